The number of carbonyl (C=O) groups excluding carboxylic acids is 1. The molecule has 1 aromatic heterocycles. The number of benzene rings is 1. The lowest BCUT2D eigenvalue weighted by Crippen LogP contribution is -2.37. The monoisotopic (exact) mass is 357 g/mol. The minimum absolute atomic E-state index is 0.0466. The molecule has 1 aromatic carbocycles. The highest BCUT2D eigenvalue weighted by Gasteiger charge is 2.23. The zero-order valence-corrected chi connectivity index (χ0v) is 15.2. The van der Waals surface area contributed by atoms with Gasteiger partial charge < -0.3 is 5.32 Å². The average molecular weight is 357 g/mol. The van der Waals surface area contributed by atoms with Gasteiger partial charge in [-0.2, -0.15) is 5.10 Å². The van der Waals surface area contributed by atoms with Gasteiger partial charge in [-0.1, -0.05) is 36.4 Å². The average Bonchev–Trinajstić information content (AvgIpc) is 3.35. The molecule has 0 saturated heterocycles. The second kappa shape index (κ2) is 7.76. The predicted octanol–water partition coefficient (Wildman–Crippen LogP) is 2.43. The van der Waals surface area contributed by atoms with Crippen molar-refractivity contribution >= 4 is 18.1 Å². The molecule has 1 N–H and O–H groups in total. The first-order chi connectivity index (χ1) is 12.1. The Labute approximate surface area is 152 Å². The van der Waals surface area contributed by atoms with Crippen molar-refractivity contribution in [1.29, 1.82) is 0 Å². The van der Waals surface area contributed by atoms with Crippen LogP contribution in [-0.4, -0.2) is 44.8 Å². The van der Waals surface area contributed by atoms with E-state index in [1.54, 1.807) is 10.8 Å². The first kappa shape index (κ1) is 17.6. The van der Waals surface area contributed by atoms with Crippen LogP contribution in [-0.2, 0) is 18.0 Å². The van der Waals surface area contributed by atoms with E-state index in [0.717, 1.165) is 24.2 Å². The molecule has 1 saturated carbocycles. The molecule has 1 amide bonds. The van der Waals surface area contributed by atoms with E-state index in [2.05, 4.69) is 17.0 Å². The summed E-state index contributed by atoms with van der Waals surface area (Å²) in [6, 6.07) is 10.3. The van der Waals surface area contributed by atoms with Crippen LogP contribution >= 0.6 is 12.2 Å². The second-order valence-corrected chi connectivity index (χ2v) is 6.73. The lowest BCUT2D eigenvalue weighted by atomic mass is 10.2. The summed E-state index contributed by atoms with van der Waals surface area (Å²) in [5, 5.41) is 7.67. The van der Waals surface area contributed by atoms with Gasteiger partial charge in [0.1, 0.15) is 0 Å². The molecule has 0 spiro atoms. The molecule has 25 heavy (non-hydrogen) atoms. The van der Waals surface area contributed by atoms with E-state index in [0.29, 0.717) is 30.6 Å². The van der Waals surface area contributed by atoms with Crippen LogP contribution in [0.1, 0.15) is 12.8 Å². The van der Waals surface area contributed by atoms with Crippen LogP contribution in [0, 0.1) is 4.77 Å². The van der Waals surface area contributed by atoms with Gasteiger partial charge in [0.25, 0.3) is 0 Å². The molecular formula is C18H23N5OS. The maximum atomic E-state index is 11.9. The van der Waals surface area contributed by atoms with Crippen molar-refractivity contribution in [3.8, 4) is 11.4 Å². The Bertz CT molecular complexity index is 807. The third-order valence-electron chi connectivity index (χ3n) is 4.00. The Morgan fingerprint density at radius 2 is 2.16 bits per heavy atom. The molecule has 6 nitrogen and oxygen atoms in total. The Hall–Kier alpha value is -2.25. The predicted molar refractivity (Wildman–Crippen MR) is 100 cm³/mol. The van der Waals surface area contributed by atoms with E-state index in [1.807, 2.05) is 46.8 Å². The number of aromatic nitrogens is 3. The zero-order chi connectivity index (χ0) is 17.8. The third kappa shape index (κ3) is 4.43. The fourth-order valence-corrected chi connectivity index (χ4v) is 2.91. The van der Waals surface area contributed by atoms with Crippen LogP contribution in [0.4, 0.5) is 0 Å². The first-order valence-corrected chi connectivity index (χ1v) is 8.81. The van der Waals surface area contributed by atoms with Crippen molar-refractivity contribution in [3.05, 3.63) is 47.8 Å². The van der Waals surface area contributed by atoms with Crippen LogP contribution < -0.4 is 5.32 Å². The van der Waals surface area contributed by atoms with E-state index in [9.17, 15) is 4.79 Å². The van der Waals surface area contributed by atoms with Crippen LogP contribution in [0.15, 0.2) is 43.0 Å². The molecule has 1 fully saturated rings. The molecule has 0 unspecified atom stereocenters. The van der Waals surface area contributed by atoms with Gasteiger partial charge in [0, 0.05) is 18.2 Å². The highest BCUT2D eigenvalue weighted by Crippen LogP contribution is 2.19. The Morgan fingerprint density at radius 1 is 1.44 bits per heavy atom. The summed E-state index contributed by atoms with van der Waals surface area (Å²) >= 11 is 5.58. The Kier molecular flexibility index (Phi) is 5.45. The van der Waals surface area contributed by atoms with Gasteiger partial charge in [0.05, 0.1) is 13.2 Å². The molecule has 3 rings (SSSR count). The molecule has 0 bridgehead atoms. The highest BCUT2D eigenvalue weighted by atomic mass is 32.1. The molecule has 0 aliphatic heterocycles. The minimum atomic E-state index is 0.0466. The summed E-state index contributed by atoms with van der Waals surface area (Å²) in [4.78, 5) is 13.9. The number of allylic oxidation sites excluding steroid dienone is 1. The third-order valence-corrected chi connectivity index (χ3v) is 4.43. The zero-order valence-electron chi connectivity index (χ0n) is 14.4. The standard InChI is InChI=1S/C18H23N5OS/c1-3-11-22-17(14-7-5-4-6-8-14)20-23(18(22)25)13-21(2)12-16(24)19-15-9-10-15/h3-8,15H,1,9-13H2,2H3,(H,19,24). The van der Waals surface area contributed by atoms with Crippen LogP contribution in [0.3, 0.4) is 0 Å². The number of likely N-dealkylation sites (N-methyl/N-ethyl adjacent to an activating group) is 1. The van der Waals surface area contributed by atoms with E-state index in [-0.39, 0.29) is 5.91 Å². The van der Waals surface area contributed by atoms with Crippen LogP contribution in [0.5, 0.6) is 0 Å². The number of carbonyl (C=O) groups is 1. The van der Waals surface area contributed by atoms with E-state index in [1.165, 1.54) is 0 Å². The lowest BCUT2D eigenvalue weighted by molar-refractivity contribution is -0.122. The van der Waals surface area contributed by atoms with Crippen LogP contribution in [0.25, 0.3) is 11.4 Å². The number of nitrogens with one attached hydrogen (secondary N) is 1. The molecule has 1 heterocycles. The number of hydrogen-bond acceptors (Lipinski definition) is 4. The fourth-order valence-electron chi connectivity index (χ4n) is 2.65. The maximum Gasteiger partial charge on any atom is 0.234 e. The summed E-state index contributed by atoms with van der Waals surface area (Å²) in [5.41, 5.74) is 1.00. The molecule has 1 aliphatic rings. The molecule has 2 aromatic rings. The van der Waals surface area contributed by atoms with Gasteiger partial charge >= 0.3 is 0 Å². The summed E-state index contributed by atoms with van der Waals surface area (Å²) in [6.07, 6.45) is 3.99. The van der Waals surface area contributed by atoms with Crippen molar-refractivity contribution in [2.45, 2.75) is 32.1 Å². The summed E-state index contributed by atoms with van der Waals surface area (Å²) in [7, 11) is 1.89. The smallest absolute Gasteiger partial charge is 0.234 e. The Balaban J connectivity index is 1.77. The first-order valence-electron chi connectivity index (χ1n) is 8.40. The number of nitrogens with zero attached hydrogens (tertiary/aromatic N) is 4. The summed E-state index contributed by atoms with van der Waals surface area (Å²) in [6.45, 7) is 5.19. The van der Waals surface area contributed by atoms with Gasteiger partial charge in [-0.25, -0.2) is 4.68 Å². The second-order valence-electron chi connectivity index (χ2n) is 6.37. The molecule has 0 atom stereocenters. The van der Waals surface area contributed by atoms with E-state index in [4.69, 9.17) is 12.2 Å². The van der Waals surface area contributed by atoms with Gasteiger partial charge in [0.2, 0.25) is 5.91 Å². The van der Waals surface area contributed by atoms with E-state index < -0.39 is 0 Å². The highest BCUT2D eigenvalue weighted by molar-refractivity contribution is 7.71. The lowest BCUT2D eigenvalue weighted by Gasteiger charge is -2.15. The van der Waals surface area contributed by atoms with Crippen molar-refractivity contribution in [1.82, 2.24) is 24.6 Å². The quantitative estimate of drug-likeness (QED) is 0.582. The Morgan fingerprint density at radius 3 is 2.80 bits per heavy atom. The summed E-state index contributed by atoms with van der Waals surface area (Å²) < 4.78 is 4.33. The largest absolute Gasteiger partial charge is 0.352 e. The summed E-state index contributed by atoms with van der Waals surface area (Å²) in [5.74, 6) is 0.853. The van der Waals surface area contributed by atoms with Gasteiger partial charge in [0.15, 0.2) is 10.6 Å². The normalized spacial score (nSPS) is 13.8. The topological polar surface area (TPSA) is 55.1 Å². The van der Waals surface area contributed by atoms with Gasteiger partial charge in [-0.05, 0) is 32.1 Å². The fraction of sp³-hybridized carbons (Fsp3) is 0.389. The maximum absolute atomic E-state index is 11.9. The minimum Gasteiger partial charge on any atom is -0.352 e. The van der Waals surface area contributed by atoms with Crippen molar-refractivity contribution in [2.24, 2.45) is 0 Å². The van der Waals surface area contributed by atoms with Gasteiger partial charge in [-0.3, -0.25) is 14.3 Å². The van der Waals surface area contributed by atoms with Crippen molar-refractivity contribution in [3.63, 3.8) is 0 Å². The number of rotatable bonds is 8. The van der Waals surface area contributed by atoms with Crippen LogP contribution in [0.2, 0.25) is 0 Å². The molecule has 132 valence electrons. The molecule has 0 radical (unpaired) electrons. The SMILES string of the molecule is C=CCn1c(-c2ccccc2)nn(CN(C)CC(=O)NC2CC2)c1=S. The molecule has 7 heteroatoms. The van der Waals surface area contributed by atoms with Crippen molar-refractivity contribution in [2.75, 3.05) is 13.6 Å². The number of amides is 1. The molecular weight excluding hydrogens is 334 g/mol. The van der Waals surface area contributed by atoms with Crippen molar-refractivity contribution < 1.29 is 4.79 Å². The van der Waals surface area contributed by atoms with Gasteiger partial charge in [-0.15, -0.1) is 6.58 Å². The number of hydrogen-bond donors (Lipinski definition) is 1. The molecule has 1 aliphatic carbocycles. The van der Waals surface area contributed by atoms with E-state index >= 15 is 0 Å².